The normalized spacial score (nSPS) is 16.0. The molecule has 3 rings (SSSR count). The minimum absolute atomic E-state index is 0.0218. The van der Waals surface area contributed by atoms with E-state index < -0.39 is 11.7 Å². The lowest BCUT2D eigenvalue weighted by Gasteiger charge is -2.38. The van der Waals surface area contributed by atoms with Crippen LogP contribution in [0.15, 0.2) is 35.8 Å². The molecule has 21 heavy (non-hydrogen) atoms. The Balaban J connectivity index is 1.55. The Bertz CT molecular complexity index is 595. The molecule has 0 amide bonds. The van der Waals surface area contributed by atoms with Gasteiger partial charge in [-0.25, -0.2) is 4.98 Å². The van der Waals surface area contributed by atoms with Crippen molar-refractivity contribution in [3.05, 3.63) is 47.0 Å². The molecule has 2 aromatic rings. The first-order valence-corrected chi connectivity index (χ1v) is 7.33. The molecule has 0 spiro atoms. The second kappa shape index (κ2) is 5.65. The summed E-state index contributed by atoms with van der Waals surface area (Å²) in [6.45, 7) is 1.31. The van der Waals surface area contributed by atoms with E-state index in [1.165, 1.54) is 23.5 Å². The molecule has 2 heterocycles. The number of ether oxygens (including phenoxy) is 1. The van der Waals surface area contributed by atoms with Gasteiger partial charge in [-0.2, -0.15) is 13.2 Å². The van der Waals surface area contributed by atoms with Crippen molar-refractivity contribution in [2.75, 3.05) is 18.0 Å². The summed E-state index contributed by atoms with van der Waals surface area (Å²) in [4.78, 5) is 6.22. The van der Waals surface area contributed by atoms with Crippen LogP contribution in [0.1, 0.15) is 11.1 Å². The van der Waals surface area contributed by atoms with Crippen molar-refractivity contribution in [1.29, 1.82) is 0 Å². The predicted octanol–water partition coefficient (Wildman–Crippen LogP) is 3.57. The van der Waals surface area contributed by atoms with Crippen molar-refractivity contribution in [3.63, 3.8) is 0 Å². The number of thiazole rings is 1. The van der Waals surface area contributed by atoms with Crippen molar-refractivity contribution in [1.82, 2.24) is 4.98 Å². The molecule has 1 aromatic heterocycles. The molecule has 7 heteroatoms. The average molecular weight is 314 g/mol. The second-order valence-electron chi connectivity index (χ2n) is 4.81. The van der Waals surface area contributed by atoms with Gasteiger partial charge in [-0.1, -0.05) is 18.2 Å². The van der Waals surface area contributed by atoms with Gasteiger partial charge in [-0.15, -0.1) is 11.3 Å². The van der Waals surface area contributed by atoms with E-state index in [-0.39, 0.29) is 18.3 Å². The zero-order chi connectivity index (χ0) is 14.9. The highest BCUT2D eigenvalue weighted by Gasteiger charge is 2.34. The molecular weight excluding hydrogens is 301 g/mol. The largest absolute Gasteiger partial charge is 0.416 e. The summed E-state index contributed by atoms with van der Waals surface area (Å²) >= 11 is 1.54. The van der Waals surface area contributed by atoms with Crippen molar-refractivity contribution in [3.8, 4) is 0 Å². The third-order valence-electron chi connectivity index (χ3n) is 3.34. The fraction of sp³-hybridized carbons (Fsp3) is 0.357. The number of benzene rings is 1. The van der Waals surface area contributed by atoms with Crippen molar-refractivity contribution in [2.24, 2.45) is 0 Å². The first-order valence-electron chi connectivity index (χ1n) is 6.45. The molecule has 0 atom stereocenters. The van der Waals surface area contributed by atoms with Gasteiger partial charge in [-0.3, -0.25) is 0 Å². The Labute approximate surface area is 124 Å². The summed E-state index contributed by atoms with van der Waals surface area (Å²) in [5.41, 5.74) is -0.446. The zero-order valence-electron chi connectivity index (χ0n) is 11.0. The Morgan fingerprint density at radius 1 is 1.29 bits per heavy atom. The molecule has 1 fully saturated rings. The first-order chi connectivity index (χ1) is 10.0. The van der Waals surface area contributed by atoms with Gasteiger partial charge in [0, 0.05) is 24.7 Å². The highest BCUT2D eigenvalue weighted by molar-refractivity contribution is 7.13. The zero-order valence-corrected chi connectivity index (χ0v) is 11.8. The van der Waals surface area contributed by atoms with Crippen LogP contribution in [0.4, 0.5) is 18.3 Å². The third kappa shape index (κ3) is 3.19. The van der Waals surface area contributed by atoms with Gasteiger partial charge in [0.1, 0.15) is 0 Å². The van der Waals surface area contributed by atoms with Crippen LogP contribution in [-0.4, -0.2) is 24.2 Å². The lowest BCUT2D eigenvalue weighted by Crippen LogP contribution is -2.52. The monoisotopic (exact) mass is 314 g/mol. The molecule has 0 bridgehead atoms. The van der Waals surface area contributed by atoms with Crippen LogP contribution in [0.2, 0.25) is 0 Å². The van der Waals surface area contributed by atoms with Crippen molar-refractivity contribution >= 4 is 16.5 Å². The lowest BCUT2D eigenvalue weighted by molar-refractivity contribution is -0.139. The SMILES string of the molecule is FC(F)(F)c1ccccc1COC1CN(c2nccs2)C1. The maximum absolute atomic E-state index is 12.8. The maximum Gasteiger partial charge on any atom is 0.416 e. The van der Waals surface area contributed by atoms with Gasteiger partial charge in [0.2, 0.25) is 0 Å². The van der Waals surface area contributed by atoms with E-state index >= 15 is 0 Å². The van der Waals surface area contributed by atoms with Gasteiger partial charge in [0.15, 0.2) is 5.13 Å². The van der Waals surface area contributed by atoms with Crippen LogP contribution in [0, 0.1) is 0 Å². The Kier molecular flexibility index (Phi) is 3.86. The molecule has 112 valence electrons. The molecule has 0 saturated carbocycles. The van der Waals surface area contributed by atoms with Crippen molar-refractivity contribution < 1.29 is 17.9 Å². The Morgan fingerprint density at radius 3 is 2.71 bits per heavy atom. The number of hydrogen-bond acceptors (Lipinski definition) is 4. The molecule has 1 aliphatic rings. The van der Waals surface area contributed by atoms with Crippen LogP contribution in [-0.2, 0) is 17.5 Å². The third-order valence-corrected chi connectivity index (χ3v) is 4.17. The summed E-state index contributed by atoms with van der Waals surface area (Å²) in [6.07, 6.45) is -2.66. The molecule has 3 nitrogen and oxygen atoms in total. The summed E-state index contributed by atoms with van der Waals surface area (Å²) < 4.78 is 44.1. The molecular formula is C14H13F3N2OS. The standard InChI is InChI=1S/C14H13F3N2OS/c15-14(16,17)12-4-2-1-3-10(12)9-20-11-7-19(8-11)13-18-5-6-21-13/h1-6,11H,7-9H2. The molecule has 1 aliphatic heterocycles. The van der Waals surface area contributed by atoms with E-state index in [1.807, 2.05) is 10.3 Å². The molecule has 1 saturated heterocycles. The summed E-state index contributed by atoms with van der Waals surface area (Å²) in [6, 6.07) is 5.53. The van der Waals surface area contributed by atoms with E-state index in [9.17, 15) is 13.2 Å². The van der Waals surface area contributed by atoms with Crippen molar-refractivity contribution in [2.45, 2.75) is 18.9 Å². The fourth-order valence-corrected chi connectivity index (χ4v) is 2.87. The molecule has 0 N–H and O–H groups in total. The number of rotatable bonds is 4. The summed E-state index contributed by atoms with van der Waals surface area (Å²) in [5, 5.41) is 2.81. The minimum atomic E-state index is -4.34. The highest BCUT2D eigenvalue weighted by Crippen LogP contribution is 2.32. The van der Waals surface area contributed by atoms with Gasteiger partial charge in [0.05, 0.1) is 18.3 Å². The van der Waals surface area contributed by atoms with E-state index in [1.54, 1.807) is 12.3 Å². The fourth-order valence-electron chi connectivity index (χ4n) is 2.20. The lowest BCUT2D eigenvalue weighted by atomic mass is 10.1. The van der Waals surface area contributed by atoms with Crippen LogP contribution in [0.3, 0.4) is 0 Å². The van der Waals surface area contributed by atoms with Crippen LogP contribution in [0.25, 0.3) is 0 Å². The number of nitrogens with zero attached hydrogens (tertiary/aromatic N) is 2. The van der Waals surface area contributed by atoms with Crippen LogP contribution < -0.4 is 4.90 Å². The summed E-state index contributed by atoms with van der Waals surface area (Å²) in [7, 11) is 0. The first kappa shape index (κ1) is 14.3. The molecule has 0 radical (unpaired) electrons. The van der Waals surface area contributed by atoms with Gasteiger partial charge in [-0.05, 0) is 11.6 Å². The van der Waals surface area contributed by atoms with E-state index in [0.717, 1.165) is 11.2 Å². The minimum Gasteiger partial charge on any atom is -0.370 e. The summed E-state index contributed by atoms with van der Waals surface area (Å²) in [5.74, 6) is 0. The van der Waals surface area contributed by atoms with E-state index in [0.29, 0.717) is 13.1 Å². The Morgan fingerprint density at radius 2 is 2.05 bits per heavy atom. The maximum atomic E-state index is 12.8. The molecule has 0 unspecified atom stereocenters. The predicted molar refractivity (Wildman–Crippen MR) is 74.3 cm³/mol. The van der Waals surface area contributed by atoms with Crippen LogP contribution in [0.5, 0.6) is 0 Å². The smallest absolute Gasteiger partial charge is 0.370 e. The topological polar surface area (TPSA) is 25.4 Å². The van der Waals surface area contributed by atoms with E-state index in [2.05, 4.69) is 4.98 Å². The Hall–Kier alpha value is -1.60. The van der Waals surface area contributed by atoms with Gasteiger partial charge >= 0.3 is 6.18 Å². The number of aromatic nitrogens is 1. The second-order valence-corrected chi connectivity index (χ2v) is 5.68. The van der Waals surface area contributed by atoms with E-state index in [4.69, 9.17) is 4.74 Å². The quantitative estimate of drug-likeness (QED) is 0.863. The highest BCUT2D eigenvalue weighted by atomic mass is 32.1. The van der Waals surface area contributed by atoms with Crippen LogP contribution >= 0.6 is 11.3 Å². The van der Waals surface area contributed by atoms with Gasteiger partial charge < -0.3 is 9.64 Å². The number of hydrogen-bond donors (Lipinski definition) is 0. The number of anilines is 1. The number of halogens is 3. The van der Waals surface area contributed by atoms with Gasteiger partial charge in [0.25, 0.3) is 0 Å². The average Bonchev–Trinajstić information content (AvgIpc) is 2.90. The molecule has 1 aromatic carbocycles. The number of alkyl halides is 3. The molecule has 0 aliphatic carbocycles.